The van der Waals surface area contributed by atoms with E-state index in [0.717, 1.165) is 6.42 Å². The van der Waals surface area contributed by atoms with Gasteiger partial charge in [0, 0.05) is 12.0 Å². The summed E-state index contributed by atoms with van der Waals surface area (Å²) in [5.74, 6) is -0.0284. The van der Waals surface area contributed by atoms with Crippen LogP contribution in [0, 0.1) is 11.3 Å². The van der Waals surface area contributed by atoms with Crippen molar-refractivity contribution in [3.63, 3.8) is 0 Å². The van der Waals surface area contributed by atoms with Gasteiger partial charge in [0.25, 0.3) is 0 Å². The maximum atomic E-state index is 12.8. The zero-order chi connectivity index (χ0) is 20.0. The largest absolute Gasteiger partial charge is 0.493 e. The highest BCUT2D eigenvalue weighted by atomic mass is 16.5. The Kier molecular flexibility index (Phi) is 6.72. The molecule has 0 spiro atoms. The molecular formula is C20H24N2O5. The van der Waals surface area contributed by atoms with Gasteiger partial charge in [0.2, 0.25) is 5.88 Å². The molecule has 0 amide bonds. The Labute approximate surface area is 159 Å². The Morgan fingerprint density at radius 1 is 1.30 bits per heavy atom. The van der Waals surface area contributed by atoms with Gasteiger partial charge in [0.15, 0.2) is 11.5 Å². The summed E-state index contributed by atoms with van der Waals surface area (Å²) in [5, 5.41) is 9.71. The van der Waals surface area contributed by atoms with E-state index in [1.807, 2.05) is 6.92 Å². The second-order valence-corrected chi connectivity index (χ2v) is 5.81. The number of nitrogens with two attached hydrogens (primary N) is 1. The highest BCUT2D eigenvalue weighted by molar-refractivity contribution is 5.93. The van der Waals surface area contributed by atoms with E-state index in [2.05, 4.69) is 6.07 Å². The van der Waals surface area contributed by atoms with Crippen molar-refractivity contribution in [3.8, 4) is 17.6 Å². The molecule has 1 aromatic carbocycles. The molecule has 1 heterocycles. The van der Waals surface area contributed by atoms with E-state index in [1.54, 1.807) is 25.1 Å². The van der Waals surface area contributed by atoms with Gasteiger partial charge in [-0.15, -0.1) is 0 Å². The molecule has 0 aliphatic carbocycles. The fourth-order valence-electron chi connectivity index (χ4n) is 3.11. The van der Waals surface area contributed by atoms with Crippen molar-refractivity contribution in [2.45, 2.75) is 32.6 Å². The molecular weight excluding hydrogens is 348 g/mol. The summed E-state index contributed by atoms with van der Waals surface area (Å²) >= 11 is 0. The fourth-order valence-corrected chi connectivity index (χ4v) is 3.11. The molecule has 1 aromatic rings. The van der Waals surface area contributed by atoms with Crippen LogP contribution in [0.2, 0.25) is 0 Å². The highest BCUT2D eigenvalue weighted by Gasteiger charge is 2.39. The molecule has 2 rings (SSSR count). The number of rotatable bonds is 7. The summed E-state index contributed by atoms with van der Waals surface area (Å²) in [4.78, 5) is 12.8. The van der Waals surface area contributed by atoms with Gasteiger partial charge < -0.3 is 24.7 Å². The highest BCUT2D eigenvalue weighted by Crippen LogP contribution is 2.46. The van der Waals surface area contributed by atoms with Crippen molar-refractivity contribution in [2.24, 2.45) is 5.73 Å². The first-order valence-electron chi connectivity index (χ1n) is 8.72. The van der Waals surface area contributed by atoms with Gasteiger partial charge in [-0.05, 0) is 19.4 Å². The van der Waals surface area contributed by atoms with Crippen LogP contribution in [0.3, 0.4) is 0 Å². The lowest BCUT2D eigenvalue weighted by Crippen LogP contribution is -2.26. The summed E-state index contributed by atoms with van der Waals surface area (Å²) in [7, 11) is 3.02. The maximum absolute atomic E-state index is 12.8. The predicted octanol–water partition coefficient (Wildman–Crippen LogP) is 3.13. The Morgan fingerprint density at radius 2 is 2.04 bits per heavy atom. The molecule has 7 nitrogen and oxygen atoms in total. The number of carbonyl (C=O) groups is 1. The lowest BCUT2D eigenvalue weighted by molar-refractivity contribution is -0.139. The average molecular weight is 372 g/mol. The summed E-state index contributed by atoms with van der Waals surface area (Å²) in [5.41, 5.74) is 6.98. The van der Waals surface area contributed by atoms with Gasteiger partial charge in [-0.3, -0.25) is 0 Å². The summed E-state index contributed by atoms with van der Waals surface area (Å²) in [6.07, 6.45) is 1.21. The minimum Gasteiger partial charge on any atom is -0.493 e. The van der Waals surface area contributed by atoms with Crippen LogP contribution in [0.25, 0.3) is 0 Å². The molecule has 2 N–H and O–H groups in total. The molecule has 0 saturated carbocycles. The van der Waals surface area contributed by atoms with Crippen LogP contribution in [0.5, 0.6) is 11.5 Å². The molecule has 0 radical (unpaired) electrons. The average Bonchev–Trinajstić information content (AvgIpc) is 2.67. The number of methoxy groups -OCH3 is 2. The molecule has 1 aliphatic heterocycles. The van der Waals surface area contributed by atoms with Crippen LogP contribution in [0.4, 0.5) is 0 Å². The molecule has 1 aliphatic rings. The van der Waals surface area contributed by atoms with E-state index < -0.39 is 11.9 Å². The molecule has 0 unspecified atom stereocenters. The third-order valence-electron chi connectivity index (χ3n) is 4.21. The van der Waals surface area contributed by atoms with Crippen LogP contribution < -0.4 is 15.2 Å². The van der Waals surface area contributed by atoms with Crippen molar-refractivity contribution in [1.29, 1.82) is 5.26 Å². The van der Waals surface area contributed by atoms with E-state index in [-0.39, 0.29) is 23.6 Å². The van der Waals surface area contributed by atoms with Crippen LogP contribution in [0.15, 0.2) is 41.0 Å². The Hall–Kier alpha value is -3.14. The first-order chi connectivity index (χ1) is 13.0. The van der Waals surface area contributed by atoms with Gasteiger partial charge in [-0.2, -0.15) is 5.26 Å². The van der Waals surface area contributed by atoms with Crippen molar-refractivity contribution < 1.29 is 23.7 Å². The molecule has 0 saturated heterocycles. The van der Waals surface area contributed by atoms with Gasteiger partial charge in [-0.25, -0.2) is 4.79 Å². The van der Waals surface area contributed by atoms with Gasteiger partial charge in [0.1, 0.15) is 17.4 Å². The number of ether oxygens (including phenoxy) is 4. The van der Waals surface area contributed by atoms with Crippen molar-refractivity contribution in [1.82, 2.24) is 0 Å². The number of esters is 1. The first kappa shape index (κ1) is 20.2. The third kappa shape index (κ3) is 3.85. The zero-order valence-corrected chi connectivity index (χ0v) is 16.0. The second kappa shape index (κ2) is 8.99. The van der Waals surface area contributed by atoms with Crippen molar-refractivity contribution in [2.75, 3.05) is 20.8 Å². The number of allylic oxidation sites excluding steroid dienone is 2. The lowest BCUT2D eigenvalue weighted by atomic mass is 9.81. The SMILES string of the molecule is CCCC1=C(C(=O)OCC)[C@@H](c2cccc(OC)c2OC)C(C#N)=C(N)O1. The molecule has 0 aromatic heterocycles. The maximum Gasteiger partial charge on any atom is 0.338 e. The molecule has 144 valence electrons. The smallest absolute Gasteiger partial charge is 0.338 e. The number of nitriles is 1. The number of nitrogens with zero attached hydrogens (tertiary/aromatic N) is 1. The summed E-state index contributed by atoms with van der Waals surface area (Å²) in [6.45, 7) is 3.88. The summed E-state index contributed by atoms with van der Waals surface area (Å²) in [6, 6.07) is 7.34. The summed E-state index contributed by atoms with van der Waals surface area (Å²) < 4.78 is 21.8. The van der Waals surface area contributed by atoms with E-state index in [0.29, 0.717) is 29.2 Å². The Bertz CT molecular complexity index is 820. The molecule has 27 heavy (non-hydrogen) atoms. The zero-order valence-electron chi connectivity index (χ0n) is 16.0. The van der Waals surface area contributed by atoms with Crippen molar-refractivity contribution in [3.05, 3.63) is 46.6 Å². The molecule has 1 atom stereocenters. The van der Waals surface area contributed by atoms with Gasteiger partial charge >= 0.3 is 5.97 Å². The minimum absolute atomic E-state index is 0.0242. The second-order valence-electron chi connectivity index (χ2n) is 5.81. The fraction of sp³-hybridized carbons (Fsp3) is 0.400. The van der Waals surface area contributed by atoms with E-state index >= 15 is 0 Å². The third-order valence-corrected chi connectivity index (χ3v) is 4.21. The van der Waals surface area contributed by atoms with Crippen LogP contribution in [-0.4, -0.2) is 26.8 Å². The molecule has 0 bridgehead atoms. The van der Waals surface area contributed by atoms with E-state index in [4.69, 9.17) is 24.7 Å². The minimum atomic E-state index is -0.769. The number of hydrogen-bond donors (Lipinski definition) is 1. The predicted molar refractivity (Wildman–Crippen MR) is 98.8 cm³/mol. The number of carbonyl (C=O) groups excluding carboxylic acids is 1. The van der Waals surface area contributed by atoms with Crippen LogP contribution >= 0.6 is 0 Å². The Morgan fingerprint density at radius 3 is 2.59 bits per heavy atom. The van der Waals surface area contributed by atoms with Gasteiger partial charge in [0.05, 0.1) is 32.3 Å². The first-order valence-corrected chi connectivity index (χ1v) is 8.72. The topological polar surface area (TPSA) is 104 Å². The van der Waals surface area contributed by atoms with Crippen LogP contribution in [-0.2, 0) is 14.3 Å². The Balaban J connectivity index is 2.78. The quantitative estimate of drug-likeness (QED) is 0.733. The van der Waals surface area contributed by atoms with Crippen LogP contribution in [0.1, 0.15) is 38.2 Å². The lowest BCUT2D eigenvalue weighted by Gasteiger charge is -2.29. The number of benzene rings is 1. The van der Waals surface area contributed by atoms with E-state index in [1.165, 1.54) is 14.2 Å². The number of hydrogen-bond acceptors (Lipinski definition) is 7. The standard InChI is InChI=1S/C20H24N2O5/c1-5-8-14-17(20(23)26-6-2)16(13(11-21)19(22)27-14)12-9-7-10-15(24-3)18(12)25-4/h7,9-10,16H,5-6,8,22H2,1-4H3/t16-/m0/s1. The van der Waals surface area contributed by atoms with Gasteiger partial charge in [-0.1, -0.05) is 19.1 Å². The van der Waals surface area contributed by atoms with E-state index in [9.17, 15) is 10.1 Å². The molecule has 0 fully saturated rings. The monoisotopic (exact) mass is 372 g/mol. The van der Waals surface area contributed by atoms with Crippen molar-refractivity contribution >= 4 is 5.97 Å². The number of para-hydroxylation sites is 1. The normalized spacial score (nSPS) is 16.5. The molecule has 7 heteroatoms.